The zero-order valence-electron chi connectivity index (χ0n) is 13.0. The van der Waals surface area contributed by atoms with Gasteiger partial charge in [0.15, 0.2) is 0 Å². The van der Waals surface area contributed by atoms with Crippen molar-refractivity contribution in [1.82, 2.24) is 9.55 Å². The third kappa shape index (κ3) is 2.76. The van der Waals surface area contributed by atoms with Gasteiger partial charge in [-0.15, -0.1) is 0 Å². The van der Waals surface area contributed by atoms with Gasteiger partial charge in [0.2, 0.25) is 0 Å². The number of benzene rings is 1. The van der Waals surface area contributed by atoms with Gasteiger partial charge in [0.25, 0.3) is 0 Å². The minimum Gasteiger partial charge on any atom is -0.496 e. The largest absolute Gasteiger partial charge is 0.496 e. The van der Waals surface area contributed by atoms with Crippen LogP contribution in [-0.2, 0) is 18.4 Å². The van der Waals surface area contributed by atoms with Crippen LogP contribution in [-0.4, -0.2) is 16.7 Å². The van der Waals surface area contributed by atoms with Crippen molar-refractivity contribution >= 4 is 25.8 Å². The number of hydrogen-bond donors (Lipinski definition) is 0. The molecule has 2 aromatic rings. The fraction of sp³-hybridized carbons (Fsp3) is 0.438. The molecule has 1 aromatic carbocycles. The second-order valence-electron chi connectivity index (χ2n) is 6.28. The lowest BCUT2D eigenvalue weighted by atomic mass is 9.86. The van der Waals surface area contributed by atoms with E-state index in [1.165, 1.54) is 16.8 Å². The van der Waals surface area contributed by atoms with Crippen LogP contribution in [0, 0.1) is 0 Å². The molecule has 21 heavy (non-hydrogen) atoms. The van der Waals surface area contributed by atoms with Crippen LogP contribution in [0.5, 0.6) is 5.75 Å². The molecule has 5 heteroatoms. The van der Waals surface area contributed by atoms with Crippen LogP contribution in [0.3, 0.4) is 0 Å². The molecule has 0 spiro atoms. The Kier molecular flexibility index (Phi) is 4.51. The first-order valence-electron chi connectivity index (χ1n) is 6.84. The van der Waals surface area contributed by atoms with E-state index >= 15 is 0 Å². The molecular formula is C16H22BrN2OP. The molecule has 0 amide bonds. The van der Waals surface area contributed by atoms with Gasteiger partial charge in [-0.1, -0.05) is 20.8 Å². The lowest BCUT2D eigenvalue weighted by Gasteiger charge is -2.25. The van der Waals surface area contributed by atoms with Crippen molar-refractivity contribution < 1.29 is 4.74 Å². The zero-order chi connectivity index (χ0) is 14.5. The van der Waals surface area contributed by atoms with Crippen LogP contribution < -0.4 is 4.74 Å². The first-order chi connectivity index (χ1) is 9.41. The maximum Gasteiger partial charge on any atom is 0.133 e. The van der Waals surface area contributed by atoms with E-state index in [-0.39, 0.29) is 15.3 Å². The van der Waals surface area contributed by atoms with Gasteiger partial charge in [-0.3, -0.25) is 0 Å². The minimum atomic E-state index is 0. The summed E-state index contributed by atoms with van der Waals surface area (Å²) in [5, 5.41) is 0. The standard InChI is InChI=1S/C16H19BrN2O.H3P/c1-16(2,3)15-14-11-8-12(17)13(20-4)7-10(11)5-6-19(14)9-18-15;/h7-9H,5-6H2,1-4H3;1H3. The Labute approximate surface area is 137 Å². The smallest absolute Gasteiger partial charge is 0.133 e. The lowest BCUT2D eigenvalue weighted by Crippen LogP contribution is -2.17. The topological polar surface area (TPSA) is 27.1 Å². The summed E-state index contributed by atoms with van der Waals surface area (Å²) in [5.74, 6) is 0.897. The average Bonchev–Trinajstić information content (AvgIpc) is 2.82. The molecule has 3 rings (SSSR count). The van der Waals surface area contributed by atoms with E-state index in [0.717, 1.165) is 28.9 Å². The minimum absolute atomic E-state index is 0. The third-order valence-corrected chi connectivity index (χ3v) is 4.42. The van der Waals surface area contributed by atoms with Crippen molar-refractivity contribution in [2.24, 2.45) is 0 Å². The van der Waals surface area contributed by atoms with Gasteiger partial charge in [0, 0.05) is 17.5 Å². The van der Waals surface area contributed by atoms with E-state index in [4.69, 9.17) is 4.74 Å². The van der Waals surface area contributed by atoms with E-state index in [2.05, 4.69) is 58.4 Å². The molecule has 1 unspecified atom stereocenters. The number of halogens is 1. The summed E-state index contributed by atoms with van der Waals surface area (Å²) in [6, 6.07) is 4.30. The zero-order valence-corrected chi connectivity index (χ0v) is 16.0. The molecule has 1 aliphatic rings. The van der Waals surface area contributed by atoms with E-state index < -0.39 is 0 Å². The molecule has 0 saturated heterocycles. The number of rotatable bonds is 1. The quantitative estimate of drug-likeness (QED) is 0.704. The molecule has 1 atom stereocenters. The summed E-state index contributed by atoms with van der Waals surface area (Å²) < 4.78 is 8.67. The predicted molar refractivity (Wildman–Crippen MR) is 95.4 cm³/mol. The van der Waals surface area contributed by atoms with Crippen LogP contribution in [0.1, 0.15) is 32.0 Å². The van der Waals surface area contributed by atoms with Crippen molar-refractivity contribution in [2.45, 2.75) is 39.2 Å². The number of aromatic nitrogens is 2. The Hall–Kier alpha value is -0.860. The Balaban J connectivity index is 0.00000161. The van der Waals surface area contributed by atoms with Gasteiger partial charge in [0.1, 0.15) is 5.75 Å². The molecule has 0 fully saturated rings. The van der Waals surface area contributed by atoms with Gasteiger partial charge < -0.3 is 9.30 Å². The van der Waals surface area contributed by atoms with Crippen LogP contribution in [0.15, 0.2) is 22.9 Å². The molecule has 1 aromatic heterocycles. The second-order valence-corrected chi connectivity index (χ2v) is 7.13. The summed E-state index contributed by atoms with van der Waals surface area (Å²) in [7, 11) is 1.71. The van der Waals surface area contributed by atoms with Gasteiger partial charge in [-0.25, -0.2) is 4.98 Å². The number of nitrogens with zero attached hydrogens (tertiary/aromatic N) is 2. The highest BCUT2D eigenvalue weighted by atomic mass is 79.9. The highest BCUT2D eigenvalue weighted by molar-refractivity contribution is 9.10. The third-order valence-electron chi connectivity index (χ3n) is 3.80. The Morgan fingerprint density at radius 2 is 2.00 bits per heavy atom. The number of imidazole rings is 1. The molecule has 0 radical (unpaired) electrons. The lowest BCUT2D eigenvalue weighted by molar-refractivity contribution is 0.411. The fourth-order valence-corrected chi connectivity index (χ4v) is 3.31. The molecular weight excluding hydrogens is 347 g/mol. The summed E-state index contributed by atoms with van der Waals surface area (Å²) in [5.41, 5.74) is 5.06. The van der Waals surface area contributed by atoms with Gasteiger partial charge in [-0.2, -0.15) is 9.90 Å². The highest BCUT2D eigenvalue weighted by Crippen LogP contribution is 2.40. The Morgan fingerprint density at radius 1 is 1.29 bits per heavy atom. The summed E-state index contributed by atoms with van der Waals surface area (Å²) in [6.45, 7) is 7.62. The molecule has 3 nitrogen and oxygen atoms in total. The van der Waals surface area contributed by atoms with Gasteiger partial charge in [0.05, 0.1) is 29.3 Å². The van der Waals surface area contributed by atoms with E-state index in [9.17, 15) is 0 Å². The number of ether oxygens (including phenoxy) is 1. The number of methoxy groups -OCH3 is 1. The van der Waals surface area contributed by atoms with E-state index in [1.807, 2.05) is 6.33 Å². The van der Waals surface area contributed by atoms with E-state index in [1.54, 1.807) is 7.11 Å². The van der Waals surface area contributed by atoms with E-state index in [0.29, 0.717) is 0 Å². The van der Waals surface area contributed by atoms with Crippen molar-refractivity contribution in [3.8, 4) is 17.0 Å². The molecule has 0 aliphatic carbocycles. The van der Waals surface area contributed by atoms with Crippen LogP contribution in [0.2, 0.25) is 0 Å². The summed E-state index contributed by atoms with van der Waals surface area (Å²) in [6.07, 6.45) is 2.99. The molecule has 114 valence electrons. The molecule has 0 bridgehead atoms. The first kappa shape index (κ1) is 16.5. The monoisotopic (exact) mass is 368 g/mol. The second kappa shape index (κ2) is 5.73. The first-order valence-corrected chi connectivity index (χ1v) is 7.63. The Bertz CT molecular complexity index is 674. The highest BCUT2D eigenvalue weighted by Gasteiger charge is 2.28. The molecule has 0 N–H and O–H groups in total. The number of aryl methyl sites for hydroxylation is 2. The van der Waals surface area contributed by atoms with Crippen molar-refractivity contribution in [2.75, 3.05) is 7.11 Å². The molecule has 1 aliphatic heterocycles. The van der Waals surface area contributed by atoms with Crippen molar-refractivity contribution in [1.29, 1.82) is 0 Å². The van der Waals surface area contributed by atoms with Crippen molar-refractivity contribution in [3.05, 3.63) is 34.2 Å². The van der Waals surface area contributed by atoms with Gasteiger partial charge in [-0.05, 0) is 40.0 Å². The number of hydrogen-bond acceptors (Lipinski definition) is 2. The van der Waals surface area contributed by atoms with Crippen LogP contribution >= 0.6 is 25.8 Å². The van der Waals surface area contributed by atoms with Crippen LogP contribution in [0.25, 0.3) is 11.3 Å². The maximum absolute atomic E-state index is 5.41. The fourth-order valence-electron chi connectivity index (χ4n) is 2.80. The van der Waals surface area contributed by atoms with Gasteiger partial charge >= 0.3 is 0 Å². The Morgan fingerprint density at radius 3 is 2.62 bits per heavy atom. The molecule has 0 saturated carbocycles. The van der Waals surface area contributed by atoms with Crippen molar-refractivity contribution in [3.63, 3.8) is 0 Å². The SMILES string of the molecule is COc1cc2c(cc1Br)-c1c(C(C)(C)C)ncn1CC2.P. The number of fused-ring (bicyclic) bond motifs is 3. The maximum atomic E-state index is 5.41. The normalized spacial score (nSPS) is 13.2. The summed E-state index contributed by atoms with van der Waals surface area (Å²) in [4.78, 5) is 4.66. The average molecular weight is 369 g/mol. The molecule has 2 heterocycles. The summed E-state index contributed by atoms with van der Waals surface area (Å²) >= 11 is 3.60. The predicted octanol–water partition coefficient (Wildman–Crippen LogP) is 4.23. The van der Waals surface area contributed by atoms with Crippen LogP contribution in [0.4, 0.5) is 0 Å².